The van der Waals surface area contributed by atoms with Gasteiger partial charge in [-0.05, 0) is 32.6 Å². The van der Waals surface area contributed by atoms with Gasteiger partial charge in [0.2, 0.25) is 0 Å². The molecule has 2 unspecified atom stereocenters. The van der Waals surface area contributed by atoms with Gasteiger partial charge in [0.05, 0.1) is 19.7 Å². The Balaban J connectivity index is 1.64. The Morgan fingerprint density at radius 3 is 2.18 bits per heavy atom. The Hall–Kier alpha value is -1.08. The minimum absolute atomic E-state index is 0.138. The lowest BCUT2D eigenvalue weighted by atomic mass is 9.72. The highest BCUT2D eigenvalue weighted by atomic mass is 16.7. The normalized spacial score (nSPS) is 32.7. The van der Waals surface area contributed by atoms with E-state index in [2.05, 4.69) is 6.92 Å². The van der Waals surface area contributed by atoms with Crippen molar-refractivity contribution in [3.05, 3.63) is 0 Å². The second-order valence-electron chi connectivity index (χ2n) is 6.96. The third kappa shape index (κ3) is 3.46. The van der Waals surface area contributed by atoms with Crippen LogP contribution in [0.15, 0.2) is 0 Å². The van der Waals surface area contributed by atoms with Gasteiger partial charge in [-0.1, -0.05) is 19.3 Å². The molecule has 0 aromatic rings. The van der Waals surface area contributed by atoms with E-state index in [1.54, 1.807) is 6.92 Å². The summed E-state index contributed by atoms with van der Waals surface area (Å²) in [6, 6.07) is 0.185. The van der Waals surface area contributed by atoms with Crippen LogP contribution in [-0.2, 0) is 23.6 Å². The van der Waals surface area contributed by atoms with Crippen molar-refractivity contribution in [2.24, 2.45) is 5.92 Å². The van der Waals surface area contributed by atoms with Gasteiger partial charge in [0.15, 0.2) is 5.50 Å². The summed E-state index contributed by atoms with van der Waals surface area (Å²) in [5.74, 6) is -0.164. The van der Waals surface area contributed by atoms with Gasteiger partial charge in [-0.3, -0.25) is 14.5 Å². The third-order valence-corrected chi connectivity index (χ3v) is 5.15. The molecular formula is C15H24BNO5. The molecule has 6 nitrogen and oxygen atoms in total. The van der Waals surface area contributed by atoms with E-state index < -0.39 is 12.6 Å². The predicted octanol–water partition coefficient (Wildman–Crippen LogP) is 1.17. The summed E-state index contributed by atoms with van der Waals surface area (Å²) < 4.78 is 15.8. The number of rotatable bonds is 3. The van der Waals surface area contributed by atoms with E-state index in [-0.39, 0.29) is 31.1 Å². The molecule has 2 heterocycles. The Bertz CT molecular complexity index is 427. The van der Waals surface area contributed by atoms with Gasteiger partial charge in [-0.2, -0.15) is 0 Å². The van der Waals surface area contributed by atoms with Crippen molar-refractivity contribution in [3.8, 4) is 0 Å². The summed E-state index contributed by atoms with van der Waals surface area (Å²) in [5.41, 5.74) is -0.664. The molecule has 3 rings (SSSR count). The standard InChI is InChI=1S/C15H24BNO5/c1-11(12-6-4-3-5-7-12)17-8-13(18)21-16(15(2)10-20-15)22-14(19)9-17/h11-12H,3-10H2,1-2H3. The fourth-order valence-electron chi connectivity index (χ4n) is 3.43. The Morgan fingerprint density at radius 2 is 1.68 bits per heavy atom. The number of carbonyl (C=O) groups is 2. The van der Waals surface area contributed by atoms with E-state index in [0.29, 0.717) is 12.5 Å². The van der Waals surface area contributed by atoms with Crippen molar-refractivity contribution in [2.45, 2.75) is 57.5 Å². The zero-order valence-corrected chi connectivity index (χ0v) is 13.4. The van der Waals surface area contributed by atoms with E-state index in [0.717, 1.165) is 12.8 Å². The molecule has 0 aromatic carbocycles. The zero-order valence-electron chi connectivity index (χ0n) is 13.4. The van der Waals surface area contributed by atoms with E-state index in [1.165, 1.54) is 19.3 Å². The van der Waals surface area contributed by atoms with Gasteiger partial charge in [0.1, 0.15) is 0 Å². The van der Waals surface area contributed by atoms with Gasteiger partial charge < -0.3 is 14.0 Å². The molecule has 1 aliphatic carbocycles. The minimum Gasteiger partial charge on any atom is -0.496 e. The van der Waals surface area contributed by atoms with Gasteiger partial charge in [0.25, 0.3) is 0 Å². The Labute approximate surface area is 131 Å². The summed E-state index contributed by atoms with van der Waals surface area (Å²) in [7, 11) is -0.917. The van der Waals surface area contributed by atoms with Crippen LogP contribution < -0.4 is 0 Å². The van der Waals surface area contributed by atoms with Crippen molar-refractivity contribution >= 4 is 19.1 Å². The van der Waals surface area contributed by atoms with Crippen LogP contribution in [0.5, 0.6) is 0 Å². The first-order chi connectivity index (χ1) is 10.5. The maximum Gasteiger partial charge on any atom is 0.635 e. The lowest BCUT2D eigenvalue weighted by Crippen LogP contribution is -2.52. The smallest absolute Gasteiger partial charge is 0.496 e. The number of hydrogen-bond donors (Lipinski definition) is 0. The molecule has 3 fully saturated rings. The molecule has 0 radical (unpaired) electrons. The number of epoxide rings is 1. The fourth-order valence-corrected chi connectivity index (χ4v) is 3.43. The molecule has 0 spiro atoms. The molecule has 2 aliphatic heterocycles. The number of carbonyl (C=O) groups excluding carboxylic acids is 2. The van der Waals surface area contributed by atoms with Crippen molar-refractivity contribution in [1.82, 2.24) is 4.90 Å². The number of nitrogens with zero attached hydrogens (tertiary/aromatic N) is 1. The predicted molar refractivity (Wildman–Crippen MR) is 79.9 cm³/mol. The molecule has 0 aromatic heterocycles. The molecule has 1 saturated carbocycles. The second kappa shape index (κ2) is 6.20. The summed E-state index contributed by atoms with van der Waals surface area (Å²) >= 11 is 0. The lowest BCUT2D eigenvalue weighted by Gasteiger charge is -2.37. The first-order valence-corrected chi connectivity index (χ1v) is 8.25. The molecule has 122 valence electrons. The van der Waals surface area contributed by atoms with Crippen molar-refractivity contribution in [1.29, 1.82) is 0 Å². The van der Waals surface area contributed by atoms with Gasteiger partial charge in [-0.15, -0.1) is 0 Å². The molecular weight excluding hydrogens is 285 g/mol. The summed E-state index contributed by atoms with van der Waals surface area (Å²) in [5, 5.41) is 0. The molecule has 3 aliphatic rings. The van der Waals surface area contributed by atoms with Gasteiger partial charge in [-0.25, -0.2) is 0 Å². The number of hydrogen-bond acceptors (Lipinski definition) is 6. The lowest BCUT2D eigenvalue weighted by molar-refractivity contribution is -0.148. The molecule has 2 atom stereocenters. The van der Waals surface area contributed by atoms with Crippen LogP contribution in [0.25, 0.3) is 0 Å². The molecule has 22 heavy (non-hydrogen) atoms. The maximum absolute atomic E-state index is 12.1. The van der Waals surface area contributed by atoms with Crippen LogP contribution in [0.2, 0.25) is 0 Å². The van der Waals surface area contributed by atoms with Gasteiger partial charge in [0, 0.05) is 6.04 Å². The van der Waals surface area contributed by atoms with Crippen LogP contribution in [0.4, 0.5) is 0 Å². The average molecular weight is 309 g/mol. The molecule has 2 saturated heterocycles. The molecule has 7 heteroatoms. The molecule has 0 N–H and O–H groups in total. The quantitative estimate of drug-likeness (QED) is 0.576. The first-order valence-electron chi connectivity index (χ1n) is 8.25. The average Bonchev–Trinajstić information content (AvgIpc) is 3.23. The van der Waals surface area contributed by atoms with E-state index >= 15 is 0 Å². The van der Waals surface area contributed by atoms with Crippen molar-refractivity contribution < 1.29 is 23.6 Å². The maximum atomic E-state index is 12.1. The van der Waals surface area contributed by atoms with Gasteiger partial charge >= 0.3 is 19.1 Å². The van der Waals surface area contributed by atoms with Crippen LogP contribution in [0.3, 0.4) is 0 Å². The third-order valence-electron chi connectivity index (χ3n) is 5.15. The van der Waals surface area contributed by atoms with Crippen LogP contribution in [-0.4, -0.2) is 55.2 Å². The fraction of sp³-hybridized carbons (Fsp3) is 0.867. The highest BCUT2D eigenvalue weighted by Gasteiger charge is 2.59. The second-order valence-corrected chi connectivity index (χ2v) is 6.96. The highest BCUT2D eigenvalue weighted by Crippen LogP contribution is 2.32. The van der Waals surface area contributed by atoms with Crippen LogP contribution in [0.1, 0.15) is 46.0 Å². The summed E-state index contributed by atoms with van der Waals surface area (Å²) in [6.07, 6.45) is 6.07. The van der Waals surface area contributed by atoms with E-state index in [9.17, 15) is 9.59 Å². The molecule has 0 bridgehead atoms. The first kappa shape index (κ1) is 15.8. The van der Waals surface area contributed by atoms with Crippen molar-refractivity contribution in [3.63, 3.8) is 0 Å². The summed E-state index contributed by atoms with van der Waals surface area (Å²) in [4.78, 5) is 26.1. The topological polar surface area (TPSA) is 68.4 Å². The highest BCUT2D eigenvalue weighted by molar-refractivity contribution is 6.53. The largest absolute Gasteiger partial charge is 0.635 e. The number of ether oxygens (including phenoxy) is 1. The van der Waals surface area contributed by atoms with E-state index in [4.69, 9.17) is 14.0 Å². The SMILES string of the molecule is CC(C1CCCCC1)N1CC(=O)OB(C2(C)CO2)OC(=O)C1. The minimum atomic E-state index is -0.917. The van der Waals surface area contributed by atoms with Crippen LogP contribution in [0, 0.1) is 5.92 Å². The monoisotopic (exact) mass is 309 g/mol. The zero-order chi connectivity index (χ0) is 15.7. The van der Waals surface area contributed by atoms with E-state index in [1.807, 2.05) is 4.90 Å². The molecule has 0 amide bonds. The Morgan fingerprint density at radius 1 is 1.14 bits per heavy atom. The van der Waals surface area contributed by atoms with Crippen molar-refractivity contribution in [2.75, 3.05) is 19.7 Å². The van der Waals surface area contributed by atoms with Crippen LogP contribution >= 0.6 is 0 Å². The summed E-state index contributed by atoms with van der Waals surface area (Å²) in [6.45, 7) is 4.60. The Kier molecular flexibility index (Phi) is 4.45.